The molecule has 4 nitrogen and oxygen atoms in total. The molecule has 130 valence electrons. The summed E-state index contributed by atoms with van der Waals surface area (Å²) < 4.78 is 4.90. The van der Waals surface area contributed by atoms with Crippen LogP contribution in [-0.2, 0) is 20.9 Å². The maximum absolute atomic E-state index is 11.7. The largest absolute Gasteiger partial charge is 0.452 e. The third-order valence-electron chi connectivity index (χ3n) is 3.44. The summed E-state index contributed by atoms with van der Waals surface area (Å²) in [5, 5.41) is 3.54. The molecule has 0 fully saturated rings. The van der Waals surface area contributed by atoms with Crippen LogP contribution in [0.5, 0.6) is 0 Å². The van der Waals surface area contributed by atoms with E-state index in [1.165, 1.54) is 12.2 Å². The first kappa shape index (κ1) is 19.0. The molecule has 0 unspecified atom stereocenters. The lowest BCUT2D eigenvalue weighted by atomic mass is 10.1. The van der Waals surface area contributed by atoms with Crippen molar-refractivity contribution in [3.63, 3.8) is 0 Å². The average molecular weight is 378 g/mol. The highest BCUT2D eigenvalue weighted by Gasteiger charge is 2.06. The Morgan fingerprint density at radius 1 is 1.12 bits per heavy atom. The standard InChI is InChI=1S/C19H17Cl2NO3/c1-13-4-2-3-5-15(13)11-22-18(23)12-25-19(24)9-7-14-6-8-16(20)17(21)10-14/h2-10H,11-12H2,1H3,(H,22,23)/b9-7+. The number of carbonyl (C=O) groups is 2. The van der Waals surface area contributed by atoms with Crippen molar-refractivity contribution in [1.82, 2.24) is 5.32 Å². The van der Waals surface area contributed by atoms with E-state index in [0.29, 0.717) is 22.2 Å². The minimum absolute atomic E-state index is 0.337. The van der Waals surface area contributed by atoms with Gasteiger partial charge in [0.15, 0.2) is 6.61 Å². The van der Waals surface area contributed by atoms with Gasteiger partial charge >= 0.3 is 5.97 Å². The van der Waals surface area contributed by atoms with Crippen LogP contribution in [0.1, 0.15) is 16.7 Å². The molecular weight excluding hydrogens is 361 g/mol. The minimum Gasteiger partial charge on any atom is -0.452 e. The Morgan fingerprint density at radius 2 is 1.88 bits per heavy atom. The van der Waals surface area contributed by atoms with Gasteiger partial charge in [-0.3, -0.25) is 4.79 Å². The van der Waals surface area contributed by atoms with Crippen molar-refractivity contribution >= 4 is 41.2 Å². The quantitative estimate of drug-likeness (QED) is 0.606. The maximum Gasteiger partial charge on any atom is 0.331 e. The zero-order valence-corrected chi connectivity index (χ0v) is 15.1. The topological polar surface area (TPSA) is 55.4 Å². The van der Waals surface area contributed by atoms with E-state index in [1.807, 2.05) is 31.2 Å². The molecule has 0 aliphatic rings. The third kappa shape index (κ3) is 6.25. The lowest BCUT2D eigenvalue weighted by molar-refractivity contribution is -0.143. The molecule has 25 heavy (non-hydrogen) atoms. The number of halogens is 2. The monoisotopic (exact) mass is 377 g/mol. The highest BCUT2D eigenvalue weighted by molar-refractivity contribution is 6.42. The van der Waals surface area contributed by atoms with Crippen LogP contribution in [0.4, 0.5) is 0 Å². The van der Waals surface area contributed by atoms with Crippen molar-refractivity contribution in [2.75, 3.05) is 6.61 Å². The van der Waals surface area contributed by atoms with Gasteiger partial charge in [-0.1, -0.05) is 53.5 Å². The van der Waals surface area contributed by atoms with Crippen LogP contribution >= 0.6 is 23.2 Å². The lowest BCUT2D eigenvalue weighted by Crippen LogP contribution is -2.28. The number of amides is 1. The first-order valence-electron chi connectivity index (χ1n) is 7.57. The van der Waals surface area contributed by atoms with E-state index in [-0.39, 0.29) is 12.5 Å². The van der Waals surface area contributed by atoms with Crippen molar-refractivity contribution in [1.29, 1.82) is 0 Å². The number of nitrogens with one attached hydrogen (secondary N) is 1. The Bertz CT molecular complexity index is 803. The van der Waals surface area contributed by atoms with Gasteiger partial charge in [0.2, 0.25) is 0 Å². The molecule has 1 amide bonds. The van der Waals surface area contributed by atoms with Gasteiger partial charge in [-0.2, -0.15) is 0 Å². The third-order valence-corrected chi connectivity index (χ3v) is 4.18. The summed E-state index contributed by atoms with van der Waals surface area (Å²) in [4.78, 5) is 23.4. The summed E-state index contributed by atoms with van der Waals surface area (Å²) in [7, 11) is 0. The van der Waals surface area contributed by atoms with Gasteiger partial charge in [0, 0.05) is 12.6 Å². The molecule has 0 aromatic heterocycles. The molecule has 0 heterocycles. The molecule has 6 heteroatoms. The Labute approximate surface area is 156 Å². The first-order chi connectivity index (χ1) is 12.0. The fourth-order valence-corrected chi connectivity index (χ4v) is 2.32. The number of carbonyl (C=O) groups excluding carboxylic acids is 2. The van der Waals surface area contributed by atoms with Crippen LogP contribution in [0.25, 0.3) is 6.08 Å². The molecule has 0 radical (unpaired) electrons. The minimum atomic E-state index is -0.614. The van der Waals surface area contributed by atoms with Gasteiger partial charge in [0.25, 0.3) is 5.91 Å². The number of aryl methyl sites for hydroxylation is 1. The molecule has 2 aromatic carbocycles. The molecule has 2 aromatic rings. The van der Waals surface area contributed by atoms with Gasteiger partial charge in [0.05, 0.1) is 10.0 Å². The summed E-state index contributed by atoms with van der Waals surface area (Å²) in [5.41, 5.74) is 2.81. The summed E-state index contributed by atoms with van der Waals surface area (Å²) in [6.07, 6.45) is 2.77. The zero-order valence-electron chi connectivity index (χ0n) is 13.6. The van der Waals surface area contributed by atoms with Gasteiger partial charge < -0.3 is 10.1 Å². The fraction of sp³-hybridized carbons (Fsp3) is 0.158. The molecule has 0 saturated carbocycles. The molecule has 0 spiro atoms. The highest BCUT2D eigenvalue weighted by Crippen LogP contribution is 2.23. The number of hydrogen-bond acceptors (Lipinski definition) is 3. The number of rotatable bonds is 6. The van der Waals surface area contributed by atoms with E-state index >= 15 is 0 Å². The van der Waals surface area contributed by atoms with Crippen LogP contribution in [-0.4, -0.2) is 18.5 Å². The zero-order chi connectivity index (χ0) is 18.2. The maximum atomic E-state index is 11.7. The van der Waals surface area contributed by atoms with Crippen LogP contribution in [0.2, 0.25) is 10.0 Å². The second kappa shape index (κ2) is 9.25. The van der Waals surface area contributed by atoms with Gasteiger partial charge in [-0.05, 0) is 41.8 Å². The lowest BCUT2D eigenvalue weighted by Gasteiger charge is -2.07. The van der Waals surface area contributed by atoms with E-state index in [0.717, 1.165) is 11.1 Å². The Balaban J connectivity index is 1.77. The second-order valence-corrected chi connectivity index (χ2v) is 6.13. The highest BCUT2D eigenvalue weighted by atomic mass is 35.5. The molecular formula is C19H17Cl2NO3. The number of ether oxygens (including phenoxy) is 1. The smallest absolute Gasteiger partial charge is 0.331 e. The molecule has 0 saturated heterocycles. The first-order valence-corrected chi connectivity index (χ1v) is 8.32. The molecule has 2 rings (SSSR count). The van der Waals surface area contributed by atoms with E-state index in [2.05, 4.69) is 5.32 Å². The molecule has 0 aliphatic heterocycles. The second-order valence-electron chi connectivity index (χ2n) is 5.32. The van der Waals surface area contributed by atoms with Crippen LogP contribution in [0.3, 0.4) is 0 Å². The molecule has 1 N–H and O–H groups in total. The summed E-state index contributed by atoms with van der Waals surface area (Å²) in [5.74, 6) is -0.975. The SMILES string of the molecule is Cc1ccccc1CNC(=O)COC(=O)/C=C/c1ccc(Cl)c(Cl)c1. The number of hydrogen-bond donors (Lipinski definition) is 1. The van der Waals surface area contributed by atoms with E-state index in [4.69, 9.17) is 27.9 Å². The van der Waals surface area contributed by atoms with Crippen molar-refractivity contribution in [2.45, 2.75) is 13.5 Å². The van der Waals surface area contributed by atoms with Crippen LogP contribution in [0, 0.1) is 6.92 Å². The molecule has 0 aliphatic carbocycles. The van der Waals surface area contributed by atoms with E-state index in [1.54, 1.807) is 18.2 Å². The number of benzene rings is 2. The van der Waals surface area contributed by atoms with Gasteiger partial charge in [-0.25, -0.2) is 4.79 Å². The Kier molecular flexibility index (Phi) is 7.04. The fourth-order valence-electron chi connectivity index (χ4n) is 2.02. The summed E-state index contributed by atoms with van der Waals surface area (Å²) in [6.45, 7) is 2.02. The number of esters is 1. The molecule has 0 bridgehead atoms. The summed E-state index contributed by atoms with van der Waals surface area (Å²) >= 11 is 11.7. The normalized spacial score (nSPS) is 10.7. The van der Waals surface area contributed by atoms with E-state index < -0.39 is 5.97 Å². The average Bonchev–Trinajstić information content (AvgIpc) is 2.60. The Morgan fingerprint density at radius 3 is 2.60 bits per heavy atom. The summed E-state index contributed by atoms with van der Waals surface area (Å²) in [6, 6.07) is 12.7. The van der Waals surface area contributed by atoms with Gasteiger partial charge in [-0.15, -0.1) is 0 Å². The Hall–Kier alpha value is -2.30. The van der Waals surface area contributed by atoms with Gasteiger partial charge in [0.1, 0.15) is 0 Å². The van der Waals surface area contributed by atoms with E-state index in [9.17, 15) is 9.59 Å². The predicted molar refractivity (Wildman–Crippen MR) is 99.5 cm³/mol. The molecule has 0 atom stereocenters. The van der Waals surface area contributed by atoms with Crippen LogP contribution in [0.15, 0.2) is 48.5 Å². The van der Waals surface area contributed by atoms with Crippen molar-refractivity contribution in [2.24, 2.45) is 0 Å². The van der Waals surface area contributed by atoms with Crippen molar-refractivity contribution in [3.8, 4) is 0 Å². The van der Waals surface area contributed by atoms with Crippen LogP contribution < -0.4 is 5.32 Å². The van der Waals surface area contributed by atoms with Crippen molar-refractivity contribution < 1.29 is 14.3 Å². The predicted octanol–water partition coefficient (Wildman–Crippen LogP) is 4.17. The van der Waals surface area contributed by atoms with Crippen molar-refractivity contribution in [3.05, 3.63) is 75.3 Å².